The minimum atomic E-state index is 0.520. The molecule has 312 valence electrons. The van der Waals surface area contributed by atoms with Gasteiger partial charge in [0.1, 0.15) is 0 Å². The molecule has 0 spiro atoms. The largest absolute Gasteiger partial charge is 0.309 e. The van der Waals surface area contributed by atoms with Crippen molar-refractivity contribution in [1.82, 2.24) is 42.6 Å². The maximum Gasteiger partial charge on any atom is 0.240 e. The van der Waals surface area contributed by atoms with Crippen LogP contribution in [-0.2, 0) is 0 Å². The highest BCUT2D eigenvalue weighted by Crippen LogP contribution is 2.39. The Morgan fingerprint density at radius 2 is 0.716 bits per heavy atom. The average Bonchev–Trinajstić information content (AvgIpc) is 4.18. The molecule has 0 atom stereocenters. The Morgan fingerprint density at radius 1 is 0.284 bits per heavy atom. The molecule has 15 rings (SSSR count). The number of benzene rings is 9. The second-order valence-electron chi connectivity index (χ2n) is 17.1. The van der Waals surface area contributed by atoms with Gasteiger partial charge in [0.15, 0.2) is 5.82 Å². The van der Waals surface area contributed by atoms with Crippen LogP contribution in [0.15, 0.2) is 212 Å². The van der Waals surface area contributed by atoms with Crippen LogP contribution in [0.1, 0.15) is 0 Å². The van der Waals surface area contributed by atoms with Crippen LogP contribution in [0.5, 0.6) is 0 Å². The summed E-state index contributed by atoms with van der Waals surface area (Å²) in [6.07, 6.45) is 0. The van der Waals surface area contributed by atoms with Crippen LogP contribution in [0.2, 0.25) is 0 Å². The minimum Gasteiger partial charge on any atom is -0.309 e. The van der Waals surface area contributed by atoms with Gasteiger partial charge in [-0.15, -0.1) is 0 Å². The monoisotopic (exact) mass is 857 g/mol. The summed E-state index contributed by atoms with van der Waals surface area (Å²) in [5.74, 6) is 2.48. The first-order valence-electron chi connectivity index (χ1n) is 22.5. The Hall–Kier alpha value is -9.34. The van der Waals surface area contributed by atoms with Crippen molar-refractivity contribution in [3.63, 3.8) is 0 Å². The fourth-order valence-corrected chi connectivity index (χ4v) is 10.8. The molecule has 0 saturated carbocycles. The lowest BCUT2D eigenvalue weighted by Crippen LogP contribution is -2.11. The molecule has 0 bridgehead atoms. The molecule has 9 nitrogen and oxygen atoms in total. The molecule has 0 N–H and O–H groups in total. The molecular weight excluding hydrogens is 823 g/mol. The van der Waals surface area contributed by atoms with E-state index in [4.69, 9.17) is 19.9 Å². The second-order valence-corrected chi connectivity index (χ2v) is 17.1. The van der Waals surface area contributed by atoms with Gasteiger partial charge in [-0.3, -0.25) is 18.1 Å². The molecule has 9 heteroatoms. The smallest absolute Gasteiger partial charge is 0.240 e. The van der Waals surface area contributed by atoms with Gasteiger partial charge in [-0.25, -0.2) is 4.98 Å². The van der Waals surface area contributed by atoms with Crippen molar-refractivity contribution in [2.24, 2.45) is 0 Å². The van der Waals surface area contributed by atoms with Crippen molar-refractivity contribution in [1.29, 1.82) is 0 Å². The Balaban J connectivity index is 1.02. The molecule has 67 heavy (non-hydrogen) atoms. The first-order chi connectivity index (χ1) is 33.3. The molecule has 0 aliphatic carbocycles. The van der Waals surface area contributed by atoms with Crippen LogP contribution in [0.4, 0.5) is 0 Å². The third-order valence-corrected chi connectivity index (χ3v) is 13.6. The van der Waals surface area contributed by atoms with Gasteiger partial charge in [-0.1, -0.05) is 127 Å². The van der Waals surface area contributed by atoms with Crippen molar-refractivity contribution in [3.8, 4) is 34.7 Å². The summed E-state index contributed by atoms with van der Waals surface area (Å²) in [7, 11) is 0. The van der Waals surface area contributed by atoms with E-state index >= 15 is 0 Å². The Bertz CT molecular complexity index is 4430. The maximum atomic E-state index is 5.52. The molecule has 15 aromatic rings. The Morgan fingerprint density at radius 3 is 1.30 bits per heavy atom. The molecule has 0 fully saturated rings. The van der Waals surface area contributed by atoms with E-state index in [2.05, 4.69) is 229 Å². The van der Waals surface area contributed by atoms with Gasteiger partial charge in [0, 0.05) is 43.6 Å². The minimum absolute atomic E-state index is 0.520. The lowest BCUT2D eigenvalue weighted by Gasteiger charge is -2.16. The summed E-state index contributed by atoms with van der Waals surface area (Å²) < 4.78 is 11.3. The molecule has 0 aliphatic heterocycles. The zero-order valence-corrected chi connectivity index (χ0v) is 35.7. The lowest BCUT2D eigenvalue weighted by atomic mass is 10.1. The fourth-order valence-electron chi connectivity index (χ4n) is 10.8. The van der Waals surface area contributed by atoms with E-state index in [-0.39, 0.29) is 0 Å². The molecule has 9 aromatic carbocycles. The number of para-hydroxylation sites is 10. The van der Waals surface area contributed by atoms with Crippen molar-refractivity contribution in [2.75, 3.05) is 0 Å². The molecule has 0 aliphatic rings. The summed E-state index contributed by atoms with van der Waals surface area (Å²) in [5, 5.41) is 6.81. The van der Waals surface area contributed by atoms with Gasteiger partial charge in [0.25, 0.3) is 0 Å². The molecule has 0 amide bonds. The number of imidazole rings is 2. The summed E-state index contributed by atoms with van der Waals surface area (Å²) in [4.78, 5) is 21.7. The zero-order chi connectivity index (χ0) is 43.7. The summed E-state index contributed by atoms with van der Waals surface area (Å²) in [5.41, 5.74) is 13.3. The van der Waals surface area contributed by atoms with E-state index in [0.717, 1.165) is 99.4 Å². The summed E-state index contributed by atoms with van der Waals surface area (Å²) in [6.45, 7) is 0. The van der Waals surface area contributed by atoms with E-state index in [0.29, 0.717) is 17.7 Å². The quantitative estimate of drug-likeness (QED) is 0.173. The van der Waals surface area contributed by atoms with Crippen LogP contribution in [0.3, 0.4) is 0 Å². The van der Waals surface area contributed by atoms with Gasteiger partial charge in [0.2, 0.25) is 17.7 Å². The number of aromatic nitrogens is 9. The first-order valence-corrected chi connectivity index (χ1v) is 22.5. The number of rotatable bonds is 5. The van der Waals surface area contributed by atoms with Crippen LogP contribution < -0.4 is 0 Å². The van der Waals surface area contributed by atoms with E-state index in [1.54, 1.807) is 0 Å². The number of nitrogens with zero attached hydrogens (tertiary/aromatic N) is 9. The van der Waals surface area contributed by atoms with Gasteiger partial charge >= 0.3 is 0 Å². The summed E-state index contributed by atoms with van der Waals surface area (Å²) in [6, 6.07) is 74.8. The lowest BCUT2D eigenvalue weighted by molar-refractivity contribution is 0.892. The molecule has 0 unspecified atom stereocenters. The van der Waals surface area contributed by atoms with E-state index in [1.165, 1.54) is 10.8 Å². The van der Waals surface area contributed by atoms with Gasteiger partial charge in [-0.2, -0.15) is 15.0 Å². The second kappa shape index (κ2) is 13.6. The van der Waals surface area contributed by atoms with Gasteiger partial charge in [0.05, 0.1) is 60.9 Å². The van der Waals surface area contributed by atoms with Crippen LogP contribution in [0, 0.1) is 0 Å². The van der Waals surface area contributed by atoms with Crippen molar-refractivity contribution in [2.45, 2.75) is 0 Å². The normalized spacial score (nSPS) is 12.2. The highest BCUT2D eigenvalue weighted by Gasteiger charge is 2.24. The predicted octanol–water partition coefficient (Wildman–Crippen LogP) is 13.6. The average molecular weight is 858 g/mol. The number of fused-ring (bicyclic) bond motifs is 14. The Labute approximate surface area is 381 Å². The molecule has 6 aromatic heterocycles. The van der Waals surface area contributed by atoms with E-state index in [1.807, 2.05) is 6.07 Å². The standard InChI is InChI=1S/C58H35N9/c1-8-24-45-37(17-1)38-18-2-9-25-46(38)64(45)50-29-13-6-22-42(50)55-60-56(65-47-26-10-3-19-39(47)40-20-4-11-27-48(40)65)62-57(61-55)66-49-28-12-5-21-41(49)43-35-36(33-34-51(43)66)63-53-31-15-16-32-54(53)67-52-30-14-7-23-44(52)59-58(63)67/h1-35H. The number of hydrogen-bond donors (Lipinski definition) is 0. The van der Waals surface area contributed by atoms with Gasteiger partial charge < -0.3 is 4.57 Å². The molecule has 0 saturated heterocycles. The third-order valence-electron chi connectivity index (χ3n) is 13.6. The maximum absolute atomic E-state index is 5.52. The van der Waals surface area contributed by atoms with E-state index in [9.17, 15) is 0 Å². The molecule has 6 heterocycles. The fraction of sp³-hybridized carbons (Fsp3) is 0. The zero-order valence-electron chi connectivity index (χ0n) is 35.7. The summed E-state index contributed by atoms with van der Waals surface area (Å²) >= 11 is 0. The SMILES string of the molecule is c1ccc(-n2c3ccccc3c3ccccc32)c(-c2nc(-n3c4ccccc4c4ccccc43)nc(-n3c4ccccc4c4cc(-n5c6ccccc6n6c7ccccc7nc56)ccc43)n2)c1. The van der Waals surface area contributed by atoms with Crippen LogP contribution in [-0.4, -0.2) is 42.6 Å². The first kappa shape index (κ1) is 36.0. The molecular formula is C58H35N9. The van der Waals surface area contributed by atoms with Crippen molar-refractivity contribution >= 4 is 93.3 Å². The van der Waals surface area contributed by atoms with Crippen molar-refractivity contribution < 1.29 is 0 Å². The van der Waals surface area contributed by atoms with E-state index < -0.39 is 0 Å². The predicted molar refractivity (Wildman–Crippen MR) is 271 cm³/mol. The highest BCUT2D eigenvalue weighted by atomic mass is 15.3. The highest BCUT2D eigenvalue weighted by molar-refractivity contribution is 6.12. The van der Waals surface area contributed by atoms with Crippen LogP contribution in [0.25, 0.3) is 128 Å². The van der Waals surface area contributed by atoms with Crippen LogP contribution >= 0.6 is 0 Å². The molecule has 0 radical (unpaired) electrons. The Kier molecular flexibility index (Phi) is 7.31. The third kappa shape index (κ3) is 5.02. The van der Waals surface area contributed by atoms with Gasteiger partial charge in [-0.05, 0) is 84.9 Å². The van der Waals surface area contributed by atoms with Crippen molar-refractivity contribution in [3.05, 3.63) is 212 Å². The topological polar surface area (TPSA) is 75.7 Å². The number of hydrogen-bond acceptors (Lipinski definition) is 4.